The third kappa shape index (κ3) is 4.14. The Morgan fingerprint density at radius 1 is 1.11 bits per heavy atom. The molecule has 96 valence electrons. The lowest BCUT2D eigenvalue weighted by Gasteiger charge is -2.09. The standard InChI is InChI=1S/C15H13IN2O/c16-14-3-1-2-4-15(14)18-9-10-19-13-7-5-12(11-17)6-8-13/h1-8,18H,9-10H2. The second-order valence-electron chi connectivity index (χ2n) is 3.89. The molecule has 0 amide bonds. The predicted molar refractivity (Wildman–Crippen MR) is 84.3 cm³/mol. The van der Waals surface area contributed by atoms with Crippen LogP contribution in [0.5, 0.6) is 5.75 Å². The van der Waals surface area contributed by atoms with Crippen molar-refractivity contribution in [2.45, 2.75) is 0 Å². The second kappa shape index (κ2) is 7.00. The predicted octanol–water partition coefficient (Wildman–Crippen LogP) is 3.65. The molecule has 0 aliphatic heterocycles. The number of hydrogen-bond donors (Lipinski definition) is 1. The molecule has 0 aromatic heterocycles. The van der Waals surface area contributed by atoms with E-state index in [1.54, 1.807) is 12.1 Å². The smallest absolute Gasteiger partial charge is 0.119 e. The van der Waals surface area contributed by atoms with Crippen molar-refractivity contribution in [3.05, 3.63) is 57.7 Å². The van der Waals surface area contributed by atoms with E-state index < -0.39 is 0 Å². The van der Waals surface area contributed by atoms with E-state index in [-0.39, 0.29) is 0 Å². The van der Waals surface area contributed by atoms with E-state index >= 15 is 0 Å². The van der Waals surface area contributed by atoms with Crippen molar-refractivity contribution in [2.24, 2.45) is 0 Å². The quantitative estimate of drug-likeness (QED) is 0.651. The molecule has 0 atom stereocenters. The van der Waals surface area contributed by atoms with E-state index in [1.165, 1.54) is 3.57 Å². The summed E-state index contributed by atoms with van der Waals surface area (Å²) < 4.78 is 6.79. The molecule has 0 aliphatic carbocycles. The van der Waals surface area contributed by atoms with Crippen molar-refractivity contribution >= 4 is 28.3 Å². The molecule has 0 spiro atoms. The molecular weight excluding hydrogens is 351 g/mol. The molecule has 0 aliphatic rings. The summed E-state index contributed by atoms with van der Waals surface area (Å²) in [7, 11) is 0. The summed E-state index contributed by atoms with van der Waals surface area (Å²) >= 11 is 2.30. The number of nitrogens with one attached hydrogen (secondary N) is 1. The van der Waals surface area contributed by atoms with E-state index in [4.69, 9.17) is 10.00 Å². The van der Waals surface area contributed by atoms with Crippen LogP contribution in [0.25, 0.3) is 0 Å². The van der Waals surface area contributed by atoms with Crippen molar-refractivity contribution < 1.29 is 4.74 Å². The number of anilines is 1. The first-order chi connectivity index (χ1) is 9.29. The van der Waals surface area contributed by atoms with Crippen LogP contribution in [0.15, 0.2) is 48.5 Å². The van der Waals surface area contributed by atoms with Gasteiger partial charge in [-0.05, 0) is 59.0 Å². The summed E-state index contributed by atoms with van der Waals surface area (Å²) in [5, 5.41) is 12.0. The zero-order valence-corrected chi connectivity index (χ0v) is 12.4. The molecule has 4 heteroatoms. The molecule has 2 aromatic rings. The van der Waals surface area contributed by atoms with Crippen LogP contribution < -0.4 is 10.1 Å². The maximum atomic E-state index is 8.69. The second-order valence-corrected chi connectivity index (χ2v) is 5.05. The minimum Gasteiger partial charge on any atom is -0.492 e. The number of benzene rings is 2. The molecule has 3 nitrogen and oxygen atoms in total. The maximum Gasteiger partial charge on any atom is 0.119 e. The zero-order chi connectivity index (χ0) is 13.5. The maximum absolute atomic E-state index is 8.69. The highest BCUT2D eigenvalue weighted by Gasteiger charge is 1.98. The molecule has 0 saturated heterocycles. The van der Waals surface area contributed by atoms with Crippen LogP contribution in [-0.2, 0) is 0 Å². The third-order valence-corrected chi connectivity index (χ3v) is 3.48. The van der Waals surface area contributed by atoms with Gasteiger partial charge < -0.3 is 10.1 Å². The average Bonchev–Trinajstić information content (AvgIpc) is 2.46. The fourth-order valence-electron chi connectivity index (χ4n) is 1.58. The Labute approximate surface area is 126 Å². The fourth-order valence-corrected chi connectivity index (χ4v) is 2.16. The largest absolute Gasteiger partial charge is 0.492 e. The Bertz CT molecular complexity index is 575. The Morgan fingerprint density at radius 3 is 2.53 bits per heavy atom. The van der Waals surface area contributed by atoms with E-state index in [9.17, 15) is 0 Å². The van der Waals surface area contributed by atoms with Crippen molar-refractivity contribution in [3.63, 3.8) is 0 Å². The van der Waals surface area contributed by atoms with E-state index in [0.717, 1.165) is 18.0 Å². The van der Waals surface area contributed by atoms with Crippen LogP contribution in [0.4, 0.5) is 5.69 Å². The highest BCUT2D eigenvalue weighted by Crippen LogP contribution is 2.16. The zero-order valence-electron chi connectivity index (χ0n) is 10.3. The molecule has 2 rings (SSSR count). The summed E-state index contributed by atoms with van der Waals surface area (Å²) in [6.07, 6.45) is 0. The normalized spacial score (nSPS) is 9.68. The minimum absolute atomic E-state index is 0.580. The van der Waals surface area contributed by atoms with Crippen LogP contribution >= 0.6 is 22.6 Å². The Kier molecular flexibility index (Phi) is 5.04. The van der Waals surface area contributed by atoms with Crippen LogP contribution in [0.1, 0.15) is 5.56 Å². The molecule has 0 fully saturated rings. The molecule has 1 N–H and O–H groups in total. The van der Waals surface area contributed by atoms with Gasteiger partial charge in [0.25, 0.3) is 0 Å². The van der Waals surface area contributed by atoms with Gasteiger partial charge in [-0.2, -0.15) is 5.26 Å². The van der Waals surface area contributed by atoms with Gasteiger partial charge in [0.1, 0.15) is 12.4 Å². The first-order valence-corrected chi connectivity index (χ1v) is 6.99. The van der Waals surface area contributed by atoms with Crippen LogP contribution in [0, 0.1) is 14.9 Å². The number of rotatable bonds is 5. The van der Waals surface area contributed by atoms with Crippen molar-refractivity contribution in [3.8, 4) is 11.8 Å². The van der Waals surface area contributed by atoms with Gasteiger partial charge in [0.15, 0.2) is 0 Å². The minimum atomic E-state index is 0.580. The average molecular weight is 364 g/mol. The third-order valence-electron chi connectivity index (χ3n) is 2.54. The van der Waals surface area contributed by atoms with Gasteiger partial charge >= 0.3 is 0 Å². The SMILES string of the molecule is N#Cc1ccc(OCCNc2ccccc2I)cc1. The van der Waals surface area contributed by atoms with E-state index in [0.29, 0.717) is 12.2 Å². The Morgan fingerprint density at radius 2 is 1.84 bits per heavy atom. The number of nitriles is 1. The van der Waals surface area contributed by atoms with Crippen molar-refractivity contribution in [1.29, 1.82) is 5.26 Å². The molecule has 2 aromatic carbocycles. The summed E-state index contributed by atoms with van der Waals surface area (Å²) in [5.41, 5.74) is 1.76. The lowest BCUT2D eigenvalue weighted by molar-refractivity contribution is 0.333. The van der Waals surface area contributed by atoms with Gasteiger partial charge in [-0.1, -0.05) is 12.1 Å². The molecular formula is C15H13IN2O. The molecule has 0 bridgehead atoms. The van der Waals surface area contributed by atoms with Gasteiger partial charge in [-0.25, -0.2) is 0 Å². The number of ether oxygens (including phenoxy) is 1. The van der Waals surface area contributed by atoms with Crippen LogP contribution in [0.3, 0.4) is 0 Å². The summed E-state index contributed by atoms with van der Waals surface area (Å²) in [6.45, 7) is 1.32. The van der Waals surface area contributed by atoms with Gasteiger partial charge in [0.2, 0.25) is 0 Å². The van der Waals surface area contributed by atoms with Gasteiger partial charge in [0, 0.05) is 15.8 Å². The van der Waals surface area contributed by atoms with Gasteiger partial charge in [-0.3, -0.25) is 0 Å². The number of nitrogens with zero attached hydrogens (tertiary/aromatic N) is 1. The fraction of sp³-hybridized carbons (Fsp3) is 0.133. The Balaban J connectivity index is 1.78. The van der Waals surface area contributed by atoms with Crippen molar-refractivity contribution in [1.82, 2.24) is 0 Å². The molecule has 0 saturated carbocycles. The molecule has 19 heavy (non-hydrogen) atoms. The summed E-state index contributed by atoms with van der Waals surface area (Å²) in [6, 6.07) is 17.3. The summed E-state index contributed by atoms with van der Waals surface area (Å²) in [4.78, 5) is 0. The highest BCUT2D eigenvalue weighted by atomic mass is 127. The number of halogens is 1. The Hall–Kier alpha value is -1.74. The van der Waals surface area contributed by atoms with Crippen LogP contribution in [-0.4, -0.2) is 13.2 Å². The van der Waals surface area contributed by atoms with Gasteiger partial charge in [-0.15, -0.1) is 0 Å². The number of para-hydroxylation sites is 1. The van der Waals surface area contributed by atoms with Gasteiger partial charge in [0.05, 0.1) is 11.6 Å². The monoisotopic (exact) mass is 364 g/mol. The lowest BCUT2D eigenvalue weighted by Crippen LogP contribution is -2.12. The van der Waals surface area contributed by atoms with Crippen LogP contribution in [0.2, 0.25) is 0 Å². The lowest BCUT2D eigenvalue weighted by atomic mass is 10.2. The van der Waals surface area contributed by atoms with E-state index in [1.807, 2.05) is 30.3 Å². The first-order valence-electron chi connectivity index (χ1n) is 5.91. The molecule has 0 heterocycles. The van der Waals surface area contributed by atoms with Crippen molar-refractivity contribution in [2.75, 3.05) is 18.5 Å². The summed E-state index contributed by atoms with van der Waals surface area (Å²) in [5.74, 6) is 0.781. The van der Waals surface area contributed by atoms with E-state index in [2.05, 4.69) is 40.0 Å². The topological polar surface area (TPSA) is 45.0 Å². The highest BCUT2D eigenvalue weighted by molar-refractivity contribution is 14.1. The first kappa shape index (κ1) is 13.7. The number of hydrogen-bond acceptors (Lipinski definition) is 3. The molecule has 0 unspecified atom stereocenters. The molecule has 0 radical (unpaired) electrons.